The summed E-state index contributed by atoms with van der Waals surface area (Å²) in [7, 11) is 0. The number of rotatable bonds is 8. The van der Waals surface area contributed by atoms with Crippen LogP contribution in [0.3, 0.4) is 0 Å². The molecule has 1 nitrogen and oxygen atoms in total. The zero-order valence-corrected chi connectivity index (χ0v) is 17.9. The summed E-state index contributed by atoms with van der Waals surface area (Å²) in [6, 6.07) is 6.45. The lowest BCUT2D eigenvalue weighted by Gasteiger charge is -2.38. The minimum absolute atomic E-state index is 0.129. The lowest BCUT2D eigenvalue weighted by molar-refractivity contribution is -0.274. The third-order valence-corrected chi connectivity index (χ3v) is 7.35. The van der Waals surface area contributed by atoms with Crippen molar-refractivity contribution in [2.75, 3.05) is 0 Å². The SMILES string of the molecule is CCCCCC1CCC(C2CCC(Cc3ccc(OC(F)(F)F)cc3)CC2)CC1. The summed E-state index contributed by atoms with van der Waals surface area (Å²) in [4.78, 5) is 0. The molecule has 4 heteroatoms. The second-order valence-corrected chi connectivity index (χ2v) is 9.45. The van der Waals surface area contributed by atoms with Crippen molar-refractivity contribution in [3.8, 4) is 5.75 Å². The van der Waals surface area contributed by atoms with Gasteiger partial charge in [0.2, 0.25) is 0 Å². The van der Waals surface area contributed by atoms with Crippen LogP contribution < -0.4 is 4.74 Å². The summed E-state index contributed by atoms with van der Waals surface area (Å²) in [5.74, 6) is 3.38. The molecule has 0 atom stereocenters. The minimum atomic E-state index is -4.62. The molecule has 0 saturated heterocycles. The molecule has 0 aliphatic heterocycles. The maximum atomic E-state index is 12.3. The van der Waals surface area contributed by atoms with Crippen molar-refractivity contribution < 1.29 is 17.9 Å². The van der Waals surface area contributed by atoms with Crippen molar-refractivity contribution in [1.29, 1.82) is 0 Å². The fraction of sp³-hybridized carbons (Fsp3) is 0.760. The van der Waals surface area contributed by atoms with Crippen LogP contribution in [-0.2, 0) is 6.42 Å². The van der Waals surface area contributed by atoms with E-state index in [0.29, 0.717) is 5.92 Å². The fourth-order valence-corrected chi connectivity index (χ4v) is 5.66. The quantitative estimate of drug-likeness (QED) is 0.391. The third-order valence-electron chi connectivity index (χ3n) is 7.35. The van der Waals surface area contributed by atoms with Crippen LogP contribution in [0.1, 0.15) is 89.5 Å². The molecule has 2 aliphatic carbocycles. The molecule has 2 aliphatic rings. The van der Waals surface area contributed by atoms with Gasteiger partial charge < -0.3 is 4.74 Å². The number of halogens is 3. The van der Waals surface area contributed by atoms with Crippen molar-refractivity contribution >= 4 is 0 Å². The standard InChI is InChI=1S/C25H37F3O/c1-2-3-4-5-19-6-12-22(13-7-19)23-14-8-20(9-15-23)18-21-10-16-24(17-11-21)29-25(26,27)28/h10-11,16-17,19-20,22-23H,2-9,12-15,18H2,1H3. The molecule has 0 spiro atoms. The maximum absolute atomic E-state index is 12.3. The van der Waals surface area contributed by atoms with Gasteiger partial charge in [-0.05, 0) is 86.3 Å². The van der Waals surface area contributed by atoms with Crippen molar-refractivity contribution in [3.05, 3.63) is 29.8 Å². The molecule has 0 N–H and O–H groups in total. The summed E-state index contributed by atoms with van der Waals surface area (Å²) < 4.78 is 40.8. The van der Waals surface area contributed by atoms with Crippen LogP contribution in [0, 0.1) is 23.7 Å². The van der Waals surface area contributed by atoms with Crippen molar-refractivity contribution in [3.63, 3.8) is 0 Å². The molecule has 0 amide bonds. The number of ether oxygens (including phenoxy) is 1. The van der Waals surface area contributed by atoms with E-state index in [9.17, 15) is 13.2 Å². The normalized spacial score (nSPS) is 28.3. The summed E-state index contributed by atoms with van der Waals surface area (Å²) >= 11 is 0. The Hall–Kier alpha value is -1.19. The Balaban J connectivity index is 1.36. The number of hydrogen-bond acceptors (Lipinski definition) is 1. The van der Waals surface area contributed by atoms with Gasteiger partial charge in [0, 0.05) is 0 Å². The smallest absolute Gasteiger partial charge is 0.406 e. The fourth-order valence-electron chi connectivity index (χ4n) is 5.66. The molecule has 0 aromatic heterocycles. The van der Waals surface area contributed by atoms with Gasteiger partial charge in [0.1, 0.15) is 5.75 Å². The van der Waals surface area contributed by atoms with Gasteiger partial charge in [0.25, 0.3) is 0 Å². The van der Waals surface area contributed by atoms with Gasteiger partial charge in [0.15, 0.2) is 0 Å². The summed E-state index contributed by atoms with van der Waals surface area (Å²) in [6.07, 6.45) is 12.9. The van der Waals surface area contributed by atoms with E-state index < -0.39 is 6.36 Å². The van der Waals surface area contributed by atoms with Crippen LogP contribution >= 0.6 is 0 Å². The van der Waals surface area contributed by atoms with Gasteiger partial charge in [-0.3, -0.25) is 0 Å². The van der Waals surface area contributed by atoms with Gasteiger partial charge in [-0.2, -0.15) is 0 Å². The van der Waals surface area contributed by atoms with Crippen LogP contribution in [0.15, 0.2) is 24.3 Å². The van der Waals surface area contributed by atoms with E-state index in [1.165, 1.54) is 89.2 Å². The highest BCUT2D eigenvalue weighted by Gasteiger charge is 2.32. The topological polar surface area (TPSA) is 9.23 Å². The Morgan fingerprint density at radius 3 is 1.86 bits per heavy atom. The van der Waals surface area contributed by atoms with E-state index in [4.69, 9.17) is 0 Å². The second kappa shape index (κ2) is 10.7. The molecule has 2 fully saturated rings. The van der Waals surface area contributed by atoms with Crippen LogP contribution in [0.4, 0.5) is 13.2 Å². The first-order valence-electron chi connectivity index (χ1n) is 11.8. The average Bonchev–Trinajstić information content (AvgIpc) is 2.70. The Kier molecular flexibility index (Phi) is 8.32. The molecule has 0 radical (unpaired) electrons. The second-order valence-electron chi connectivity index (χ2n) is 9.45. The Morgan fingerprint density at radius 1 is 0.793 bits per heavy atom. The molecular weight excluding hydrogens is 373 g/mol. The van der Waals surface area contributed by atoms with Gasteiger partial charge in [-0.25, -0.2) is 0 Å². The Bertz CT molecular complexity index is 579. The predicted molar refractivity (Wildman–Crippen MR) is 112 cm³/mol. The van der Waals surface area contributed by atoms with E-state index >= 15 is 0 Å². The Labute approximate surface area is 174 Å². The molecule has 2 saturated carbocycles. The zero-order chi connectivity index (χ0) is 20.7. The molecule has 0 unspecified atom stereocenters. The van der Waals surface area contributed by atoms with Gasteiger partial charge >= 0.3 is 6.36 Å². The van der Waals surface area contributed by atoms with Crippen LogP contribution in [0.25, 0.3) is 0 Å². The maximum Gasteiger partial charge on any atom is 0.573 e. The van der Waals surface area contributed by atoms with Crippen molar-refractivity contribution in [1.82, 2.24) is 0 Å². The van der Waals surface area contributed by atoms with Crippen LogP contribution in [0.2, 0.25) is 0 Å². The first-order chi connectivity index (χ1) is 13.9. The third kappa shape index (κ3) is 7.53. The summed E-state index contributed by atoms with van der Waals surface area (Å²) in [6.45, 7) is 2.28. The molecule has 29 heavy (non-hydrogen) atoms. The van der Waals surface area contributed by atoms with Crippen LogP contribution in [0.5, 0.6) is 5.75 Å². The van der Waals surface area contributed by atoms with E-state index in [2.05, 4.69) is 11.7 Å². The average molecular weight is 411 g/mol. The lowest BCUT2D eigenvalue weighted by atomic mass is 9.68. The van der Waals surface area contributed by atoms with E-state index in [1.807, 2.05) is 0 Å². The van der Waals surface area contributed by atoms with Gasteiger partial charge in [-0.1, -0.05) is 57.6 Å². The van der Waals surface area contributed by atoms with Crippen LogP contribution in [-0.4, -0.2) is 6.36 Å². The largest absolute Gasteiger partial charge is 0.573 e. The predicted octanol–water partition coefficient (Wildman–Crippen LogP) is 8.32. The highest BCUT2D eigenvalue weighted by molar-refractivity contribution is 5.27. The number of benzene rings is 1. The minimum Gasteiger partial charge on any atom is -0.406 e. The molecular formula is C25H37F3O. The highest BCUT2D eigenvalue weighted by atomic mass is 19.4. The number of hydrogen-bond donors (Lipinski definition) is 0. The molecule has 0 heterocycles. The summed E-state index contributed by atoms with van der Waals surface area (Å²) in [5, 5.41) is 0. The van der Waals surface area contributed by atoms with Crippen molar-refractivity contribution in [2.24, 2.45) is 23.7 Å². The molecule has 1 aromatic rings. The molecule has 1 aromatic carbocycles. The van der Waals surface area contributed by atoms with E-state index in [1.54, 1.807) is 12.1 Å². The number of alkyl halides is 3. The summed E-state index contributed by atoms with van der Waals surface area (Å²) in [5.41, 5.74) is 1.12. The first-order valence-corrected chi connectivity index (χ1v) is 11.8. The van der Waals surface area contributed by atoms with Gasteiger partial charge in [0.05, 0.1) is 0 Å². The monoisotopic (exact) mass is 410 g/mol. The molecule has 0 bridgehead atoms. The van der Waals surface area contributed by atoms with E-state index in [0.717, 1.165) is 29.7 Å². The first kappa shape index (κ1) is 22.5. The van der Waals surface area contributed by atoms with E-state index in [-0.39, 0.29) is 5.75 Å². The zero-order valence-electron chi connectivity index (χ0n) is 17.9. The van der Waals surface area contributed by atoms with Crippen molar-refractivity contribution in [2.45, 2.75) is 96.8 Å². The molecule has 3 rings (SSSR count). The highest BCUT2D eigenvalue weighted by Crippen LogP contribution is 2.43. The Morgan fingerprint density at radius 2 is 1.34 bits per heavy atom. The molecule has 164 valence electrons. The lowest BCUT2D eigenvalue weighted by Crippen LogP contribution is -2.26. The number of unbranched alkanes of at least 4 members (excludes halogenated alkanes) is 2. The van der Waals surface area contributed by atoms with Gasteiger partial charge in [-0.15, -0.1) is 13.2 Å².